The Morgan fingerprint density at radius 2 is 2.09 bits per heavy atom. The van der Waals surface area contributed by atoms with E-state index in [0.29, 0.717) is 22.8 Å². The molecule has 1 aliphatic rings. The summed E-state index contributed by atoms with van der Waals surface area (Å²) in [6.45, 7) is 2.45. The van der Waals surface area contributed by atoms with Crippen LogP contribution in [0.1, 0.15) is 30.6 Å². The maximum Gasteiger partial charge on any atom is 0.250 e. The summed E-state index contributed by atoms with van der Waals surface area (Å²) in [4.78, 5) is 5.12. The zero-order valence-electron chi connectivity index (χ0n) is 12.5. The fourth-order valence-electron chi connectivity index (χ4n) is 2.31. The number of halogens is 1. The summed E-state index contributed by atoms with van der Waals surface area (Å²) in [6.07, 6.45) is 4.71. The minimum absolute atomic E-state index is 0. The molecular formula is C13H23IN4O2S2. The lowest BCUT2D eigenvalue weighted by Crippen LogP contribution is -2.39. The average Bonchev–Trinajstić information content (AvgIpc) is 3.06. The summed E-state index contributed by atoms with van der Waals surface area (Å²) in [7, 11) is -3.42. The van der Waals surface area contributed by atoms with Gasteiger partial charge in [0.2, 0.25) is 10.0 Å². The molecule has 1 saturated carbocycles. The smallest absolute Gasteiger partial charge is 0.250 e. The highest BCUT2D eigenvalue weighted by atomic mass is 127. The van der Waals surface area contributed by atoms with Crippen LogP contribution in [0.2, 0.25) is 0 Å². The zero-order chi connectivity index (χ0) is 15.3. The number of aryl methyl sites for hydroxylation is 1. The summed E-state index contributed by atoms with van der Waals surface area (Å²) in [6, 6.07) is 3.82. The third-order valence-corrected chi connectivity index (χ3v) is 6.33. The Hall–Kier alpha value is -0.390. The second kappa shape index (κ2) is 9.04. The van der Waals surface area contributed by atoms with Gasteiger partial charge in [0.15, 0.2) is 5.96 Å². The predicted octanol–water partition coefficient (Wildman–Crippen LogP) is 1.80. The molecule has 0 aliphatic heterocycles. The van der Waals surface area contributed by atoms with Crippen molar-refractivity contribution >= 4 is 51.3 Å². The second-order valence-corrected chi connectivity index (χ2v) is 8.44. The number of hydrogen-bond donors (Lipinski definition) is 3. The van der Waals surface area contributed by atoms with E-state index in [0.717, 1.165) is 17.7 Å². The molecule has 1 aromatic heterocycles. The topological polar surface area (TPSA) is 96.6 Å². The average molecular weight is 458 g/mol. The standard InChI is InChI=1S/C13H22N4O2S2.HI/c1-10-6-7-12(20-10)21(18,19)16-9-8-15-13(14)17-11-4-2-3-5-11;/h6-7,11,16H,2-5,8-9H2,1H3,(H3,14,15,17);1H. The molecule has 6 nitrogen and oxygen atoms in total. The van der Waals surface area contributed by atoms with E-state index in [1.807, 2.05) is 6.92 Å². The van der Waals surface area contributed by atoms with E-state index in [-0.39, 0.29) is 30.5 Å². The first-order valence-corrected chi connectivity index (χ1v) is 9.40. The van der Waals surface area contributed by atoms with Crippen molar-refractivity contribution in [3.63, 3.8) is 0 Å². The molecule has 1 aliphatic carbocycles. The lowest BCUT2D eigenvalue weighted by atomic mass is 10.2. The van der Waals surface area contributed by atoms with E-state index >= 15 is 0 Å². The van der Waals surface area contributed by atoms with Crippen LogP contribution < -0.4 is 15.8 Å². The molecule has 0 spiro atoms. The van der Waals surface area contributed by atoms with Gasteiger partial charge in [0.25, 0.3) is 0 Å². The van der Waals surface area contributed by atoms with Crippen LogP contribution in [0.25, 0.3) is 0 Å². The van der Waals surface area contributed by atoms with Gasteiger partial charge in [-0.1, -0.05) is 12.8 Å². The molecule has 9 heteroatoms. The van der Waals surface area contributed by atoms with Gasteiger partial charge in [0.1, 0.15) is 4.21 Å². The third-order valence-electron chi connectivity index (χ3n) is 3.37. The van der Waals surface area contributed by atoms with E-state index in [2.05, 4.69) is 15.0 Å². The lowest BCUT2D eigenvalue weighted by Gasteiger charge is -2.12. The Kier molecular flexibility index (Phi) is 8.08. The van der Waals surface area contributed by atoms with Gasteiger partial charge in [-0.05, 0) is 31.9 Å². The minimum atomic E-state index is -3.42. The van der Waals surface area contributed by atoms with Gasteiger partial charge in [0.05, 0.1) is 6.54 Å². The molecule has 0 saturated heterocycles. The van der Waals surface area contributed by atoms with E-state index in [1.54, 1.807) is 12.1 Å². The van der Waals surface area contributed by atoms with Crippen molar-refractivity contribution in [3.05, 3.63) is 17.0 Å². The number of thiophene rings is 1. The number of aliphatic imine (C=N–C) groups is 1. The SMILES string of the molecule is Cc1ccc(S(=O)(=O)NCCN=C(N)NC2CCCC2)s1.I. The highest BCUT2D eigenvalue weighted by Crippen LogP contribution is 2.20. The summed E-state index contributed by atoms with van der Waals surface area (Å²) in [5.74, 6) is 0.396. The van der Waals surface area contributed by atoms with Crippen LogP contribution >= 0.6 is 35.3 Å². The molecule has 22 heavy (non-hydrogen) atoms. The van der Waals surface area contributed by atoms with E-state index < -0.39 is 10.0 Å². The fraction of sp³-hybridized carbons (Fsp3) is 0.615. The summed E-state index contributed by atoms with van der Waals surface area (Å²) < 4.78 is 26.8. The Bertz CT molecular complexity index is 595. The first-order valence-electron chi connectivity index (χ1n) is 7.10. The Balaban J connectivity index is 0.00000242. The lowest BCUT2D eigenvalue weighted by molar-refractivity contribution is 0.584. The van der Waals surface area contributed by atoms with Crippen LogP contribution in [0.4, 0.5) is 0 Å². The molecule has 1 fully saturated rings. The van der Waals surface area contributed by atoms with Crippen molar-refractivity contribution in [3.8, 4) is 0 Å². The van der Waals surface area contributed by atoms with E-state index in [4.69, 9.17) is 5.73 Å². The third kappa shape index (κ3) is 6.01. The van der Waals surface area contributed by atoms with E-state index in [1.165, 1.54) is 24.2 Å². The number of sulfonamides is 1. The molecular weight excluding hydrogens is 435 g/mol. The van der Waals surface area contributed by atoms with Gasteiger partial charge >= 0.3 is 0 Å². The normalized spacial score (nSPS) is 16.5. The second-order valence-electron chi connectivity index (χ2n) is 5.16. The van der Waals surface area contributed by atoms with Crippen molar-refractivity contribution in [1.82, 2.24) is 10.0 Å². The van der Waals surface area contributed by atoms with Crippen LogP contribution in [0.3, 0.4) is 0 Å². The maximum atomic E-state index is 12.0. The van der Waals surface area contributed by atoms with Gasteiger partial charge in [-0.25, -0.2) is 13.1 Å². The molecule has 0 aromatic carbocycles. The highest BCUT2D eigenvalue weighted by molar-refractivity contribution is 14.0. The number of hydrogen-bond acceptors (Lipinski definition) is 4. The molecule has 0 amide bonds. The quantitative estimate of drug-likeness (QED) is 0.262. The minimum Gasteiger partial charge on any atom is -0.370 e. The summed E-state index contributed by atoms with van der Waals surface area (Å²) in [5.41, 5.74) is 5.78. The number of rotatable bonds is 6. The van der Waals surface area contributed by atoms with E-state index in [9.17, 15) is 8.42 Å². The van der Waals surface area contributed by atoms with Gasteiger partial charge < -0.3 is 11.1 Å². The zero-order valence-corrected chi connectivity index (χ0v) is 16.5. The van der Waals surface area contributed by atoms with Gasteiger partial charge in [-0.3, -0.25) is 4.99 Å². The molecule has 2 rings (SSSR count). The first-order chi connectivity index (χ1) is 9.97. The number of guanidine groups is 1. The van der Waals surface area contributed by atoms with Crippen LogP contribution in [0.15, 0.2) is 21.3 Å². The predicted molar refractivity (Wildman–Crippen MR) is 102 cm³/mol. The number of nitrogens with zero attached hydrogens (tertiary/aromatic N) is 1. The Morgan fingerprint density at radius 1 is 1.41 bits per heavy atom. The largest absolute Gasteiger partial charge is 0.370 e. The molecule has 0 unspecified atom stereocenters. The number of nitrogens with two attached hydrogens (primary N) is 1. The Labute approximate surface area is 153 Å². The number of nitrogens with one attached hydrogen (secondary N) is 2. The monoisotopic (exact) mass is 458 g/mol. The molecule has 1 heterocycles. The van der Waals surface area contributed by atoms with Crippen molar-refractivity contribution in [1.29, 1.82) is 0 Å². The van der Waals surface area contributed by atoms with Crippen molar-refractivity contribution < 1.29 is 8.42 Å². The molecule has 0 radical (unpaired) electrons. The first kappa shape index (κ1) is 19.7. The summed E-state index contributed by atoms with van der Waals surface area (Å²) >= 11 is 1.26. The molecule has 126 valence electrons. The summed E-state index contributed by atoms with van der Waals surface area (Å²) in [5, 5.41) is 3.16. The van der Waals surface area contributed by atoms with Gasteiger partial charge in [-0.2, -0.15) is 0 Å². The highest BCUT2D eigenvalue weighted by Gasteiger charge is 2.16. The Morgan fingerprint density at radius 3 is 2.68 bits per heavy atom. The van der Waals surface area contributed by atoms with Gasteiger partial charge in [-0.15, -0.1) is 35.3 Å². The van der Waals surface area contributed by atoms with Gasteiger partial charge in [0, 0.05) is 17.5 Å². The van der Waals surface area contributed by atoms with Crippen molar-refractivity contribution in [2.75, 3.05) is 13.1 Å². The van der Waals surface area contributed by atoms with Crippen molar-refractivity contribution in [2.24, 2.45) is 10.7 Å². The molecule has 0 bridgehead atoms. The van der Waals surface area contributed by atoms with Crippen LogP contribution in [-0.4, -0.2) is 33.5 Å². The molecule has 1 aromatic rings. The fourth-order valence-corrected chi connectivity index (χ4v) is 4.66. The van der Waals surface area contributed by atoms with Crippen LogP contribution in [0, 0.1) is 6.92 Å². The van der Waals surface area contributed by atoms with Crippen LogP contribution in [0.5, 0.6) is 0 Å². The van der Waals surface area contributed by atoms with Crippen LogP contribution in [-0.2, 0) is 10.0 Å². The molecule has 4 N–H and O–H groups in total. The molecule has 0 atom stereocenters. The maximum absolute atomic E-state index is 12.0. The van der Waals surface area contributed by atoms with Crippen molar-refractivity contribution in [2.45, 2.75) is 42.9 Å².